The number of halogens is 2. The van der Waals surface area contributed by atoms with Gasteiger partial charge in [-0.25, -0.2) is 8.78 Å². The zero-order chi connectivity index (χ0) is 30.8. The third kappa shape index (κ3) is 8.48. The summed E-state index contributed by atoms with van der Waals surface area (Å²) in [6, 6.07) is 19.0. The number of hydrogen-bond acceptors (Lipinski definition) is 4. The zero-order valence-corrected chi connectivity index (χ0v) is 25.1. The lowest BCUT2D eigenvalue weighted by molar-refractivity contribution is 0.0755. The van der Waals surface area contributed by atoms with Gasteiger partial charge in [0.1, 0.15) is 11.6 Å². The summed E-state index contributed by atoms with van der Waals surface area (Å²) in [7, 11) is 0. The van der Waals surface area contributed by atoms with Crippen LogP contribution in [-0.4, -0.2) is 53.6 Å². The predicted molar refractivity (Wildman–Crippen MR) is 165 cm³/mol. The van der Waals surface area contributed by atoms with Crippen LogP contribution < -0.4 is 10.6 Å². The van der Waals surface area contributed by atoms with E-state index in [4.69, 9.17) is 0 Å². The number of aliphatic hydroxyl groups is 1. The van der Waals surface area contributed by atoms with Gasteiger partial charge >= 0.3 is 0 Å². The molecule has 0 aliphatic heterocycles. The quantitative estimate of drug-likeness (QED) is 0.215. The van der Waals surface area contributed by atoms with Crippen molar-refractivity contribution in [3.05, 3.63) is 107 Å². The van der Waals surface area contributed by atoms with Gasteiger partial charge in [0.15, 0.2) is 0 Å². The summed E-state index contributed by atoms with van der Waals surface area (Å²) >= 11 is 0. The number of nitrogens with one attached hydrogen (secondary N) is 2. The van der Waals surface area contributed by atoms with Crippen LogP contribution in [0.3, 0.4) is 0 Å². The minimum absolute atomic E-state index is 0.0149. The van der Waals surface area contributed by atoms with Crippen molar-refractivity contribution in [1.29, 1.82) is 0 Å². The molecule has 3 aromatic carbocycles. The summed E-state index contributed by atoms with van der Waals surface area (Å²) in [6.07, 6.45) is 4.56. The lowest BCUT2D eigenvalue weighted by Crippen LogP contribution is -2.52. The van der Waals surface area contributed by atoms with Crippen molar-refractivity contribution in [2.24, 2.45) is 0 Å². The number of benzene rings is 3. The van der Waals surface area contributed by atoms with Crippen LogP contribution >= 0.6 is 0 Å². The van der Waals surface area contributed by atoms with Gasteiger partial charge in [-0.3, -0.25) is 9.59 Å². The van der Waals surface area contributed by atoms with Crippen molar-refractivity contribution >= 4 is 11.8 Å². The normalized spacial score (nSPS) is 15.6. The Morgan fingerprint density at radius 2 is 1.51 bits per heavy atom. The van der Waals surface area contributed by atoms with E-state index < -0.39 is 29.7 Å². The second-order valence-corrected chi connectivity index (χ2v) is 11.5. The van der Waals surface area contributed by atoms with Gasteiger partial charge in [-0.2, -0.15) is 0 Å². The first-order valence-corrected chi connectivity index (χ1v) is 15.4. The predicted octanol–water partition coefficient (Wildman–Crippen LogP) is 5.99. The largest absolute Gasteiger partial charge is 0.390 e. The van der Waals surface area contributed by atoms with Crippen LogP contribution in [0.5, 0.6) is 0 Å². The molecule has 6 nitrogen and oxygen atoms in total. The molecule has 0 radical (unpaired) electrons. The van der Waals surface area contributed by atoms with Crippen molar-refractivity contribution in [2.75, 3.05) is 19.6 Å². The van der Waals surface area contributed by atoms with Gasteiger partial charge < -0.3 is 20.6 Å². The average Bonchev–Trinajstić information content (AvgIpc) is 3.49. The molecule has 4 rings (SSSR count). The van der Waals surface area contributed by atoms with E-state index in [1.807, 2.05) is 32.0 Å². The van der Waals surface area contributed by atoms with Crippen LogP contribution in [0.25, 0.3) is 0 Å². The first-order chi connectivity index (χ1) is 20.7. The van der Waals surface area contributed by atoms with E-state index in [9.17, 15) is 23.5 Å². The highest BCUT2D eigenvalue weighted by Crippen LogP contribution is 2.38. The smallest absolute Gasteiger partial charge is 0.253 e. The molecule has 3 N–H and O–H groups in total. The second kappa shape index (κ2) is 15.2. The van der Waals surface area contributed by atoms with Crippen molar-refractivity contribution < 1.29 is 23.5 Å². The first-order valence-electron chi connectivity index (χ1n) is 15.4. The Hall–Kier alpha value is -3.62. The van der Waals surface area contributed by atoms with Crippen LogP contribution in [0, 0.1) is 11.6 Å². The third-order valence-corrected chi connectivity index (χ3v) is 8.24. The highest BCUT2D eigenvalue weighted by Gasteiger charge is 2.36. The molecule has 0 saturated heterocycles. The topological polar surface area (TPSA) is 81.7 Å². The Balaban J connectivity index is 1.55. The molecule has 2 amide bonds. The van der Waals surface area contributed by atoms with Gasteiger partial charge in [0.25, 0.3) is 11.8 Å². The molecule has 1 aliphatic carbocycles. The number of nitrogens with zero attached hydrogens (tertiary/aromatic N) is 1. The SMILES string of the molecule is CCCN(CCC)C(=O)c1cccc(C(=O)N[C@@H](Cc2cc(F)cc(F)c2)[C@H](O)CNC2(c3ccccc3)CCCC2)c1. The fourth-order valence-electron chi connectivity index (χ4n) is 6.09. The van der Waals surface area contributed by atoms with Crippen molar-refractivity contribution in [3.63, 3.8) is 0 Å². The molecule has 230 valence electrons. The number of carbonyl (C=O) groups is 2. The number of aliphatic hydroxyl groups excluding tert-OH is 1. The van der Waals surface area contributed by atoms with Gasteiger partial charge in [-0.1, -0.05) is 63.1 Å². The summed E-state index contributed by atoms with van der Waals surface area (Å²) in [5.74, 6) is -2.07. The molecule has 43 heavy (non-hydrogen) atoms. The maximum atomic E-state index is 14.1. The molecular weight excluding hydrogens is 548 g/mol. The van der Waals surface area contributed by atoms with E-state index in [0.29, 0.717) is 24.2 Å². The maximum absolute atomic E-state index is 14.1. The van der Waals surface area contributed by atoms with Crippen LogP contribution in [0.1, 0.15) is 84.2 Å². The summed E-state index contributed by atoms with van der Waals surface area (Å²) < 4.78 is 28.1. The second-order valence-electron chi connectivity index (χ2n) is 11.5. The summed E-state index contributed by atoms with van der Waals surface area (Å²) in [5.41, 5.74) is 1.85. The minimum Gasteiger partial charge on any atom is -0.390 e. The lowest BCUT2D eigenvalue weighted by Gasteiger charge is -2.34. The van der Waals surface area contributed by atoms with Gasteiger partial charge in [-0.15, -0.1) is 0 Å². The molecule has 3 aromatic rings. The Labute approximate surface area is 253 Å². The Bertz CT molecular complexity index is 1340. The summed E-state index contributed by atoms with van der Waals surface area (Å²) in [6.45, 7) is 5.44. The highest BCUT2D eigenvalue weighted by atomic mass is 19.1. The molecule has 1 saturated carbocycles. The first kappa shape index (κ1) is 32.3. The van der Waals surface area contributed by atoms with E-state index in [1.54, 1.807) is 29.2 Å². The summed E-state index contributed by atoms with van der Waals surface area (Å²) in [4.78, 5) is 28.5. The van der Waals surface area contributed by atoms with E-state index in [0.717, 1.165) is 50.2 Å². The Kier molecular flexibility index (Phi) is 11.4. The van der Waals surface area contributed by atoms with Crippen LogP contribution in [0.15, 0.2) is 72.8 Å². The van der Waals surface area contributed by atoms with Crippen molar-refractivity contribution in [3.8, 4) is 0 Å². The molecule has 1 aliphatic rings. The molecule has 8 heteroatoms. The Morgan fingerprint density at radius 3 is 2.14 bits per heavy atom. The molecule has 0 heterocycles. The fraction of sp³-hybridized carbons (Fsp3) is 0.429. The molecule has 0 aromatic heterocycles. The molecule has 0 spiro atoms. The van der Waals surface area contributed by atoms with Crippen molar-refractivity contribution in [2.45, 2.75) is 76.5 Å². The molecule has 1 fully saturated rings. The van der Waals surface area contributed by atoms with Gasteiger partial charge in [0.05, 0.1) is 12.1 Å². The molecule has 0 unspecified atom stereocenters. The molecular formula is C35H43F2N3O3. The van der Waals surface area contributed by atoms with Crippen molar-refractivity contribution in [1.82, 2.24) is 15.5 Å². The van der Waals surface area contributed by atoms with E-state index in [1.165, 1.54) is 12.1 Å². The van der Waals surface area contributed by atoms with Crippen LogP contribution in [0.2, 0.25) is 0 Å². The molecule has 0 bridgehead atoms. The lowest BCUT2D eigenvalue weighted by atomic mass is 9.87. The molecule has 2 atom stereocenters. The zero-order valence-electron chi connectivity index (χ0n) is 25.1. The van der Waals surface area contributed by atoms with E-state index >= 15 is 0 Å². The minimum atomic E-state index is -1.06. The van der Waals surface area contributed by atoms with Gasteiger partial charge in [0.2, 0.25) is 0 Å². The standard InChI is InChI=1S/C35H43F2N3O3/c1-3-17-40(18-4-2)34(43)27-12-10-11-26(22-27)33(42)39-31(21-25-19-29(36)23-30(37)20-25)32(41)24-38-35(15-8-9-16-35)28-13-6-5-7-14-28/h5-7,10-14,19-20,22-23,31-32,38,41H,3-4,8-9,15-18,21,24H2,1-2H3,(H,39,42)/t31-,32+/m0/s1. The van der Waals surface area contributed by atoms with Gasteiger partial charge in [0, 0.05) is 42.4 Å². The number of amides is 2. The highest BCUT2D eigenvalue weighted by molar-refractivity contribution is 5.99. The monoisotopic (exact) mass is 591 g/mol. The average molecular weight is 592 g/mol. The third-order valence-electron chi connectivity index (χ3n) is 8.24. The van der Waals surface area contributed by atoms with Gasteiger partial charge in [-0.05, 0) is 73.6 Å². The maximum Gasteiger partial charge on any atom is 0.253 e. The number of rotatable bonds is 14. The number of hydrogen-bond donors (Lipinski definition) is 3. The van der Waals surface area contributed by atoms with Crippen LogP contribution in [-0.2, 0) is 12.0 Å². The number of carbonyl (C=O) groups excluding carboxylic acids is 2. The summed E-state index contributed by atoms with van der Waals surface area (Å²) in [5, 5.41) is 17.9. The van der Waals surface area contributed by atoms with Crippen LogP contribution in [0.4, 0.5) is 8.78 Å². The fourth-order valence-corrected chi connectivity index (χ4v) is 6.09. The van der Waals surface area contributed by atoms with E-state index in [2.05, 4.69) is 22.8 Å². The Morgan fingerprint density at radius 1 is 0.884 bits per heavy atom. The van der Waals surface area contributed by atoms with E-state index in [-0.39, 0.29) is 30.0 Å².